The first-order valence-electron chi connectivity index (χ1n) is 6.04. The molecule has 0 fully saturated rings. The van der Waals surface area contributed by atoms with Gasteiger partial charge in [-0.3, -0.25) is 4.72 Å². The number of rotatable bonds is 3. The van der Waals surface area contributed by atoms with Crippen LogP contribution in [0.1, 0.15) is 11.1 Å². The lowest BCUT2D eigenvalue weighted by Gasteiger charge is -2.12. The molecule has 0 aliphatic rings. The highest BCUT2D eigenvalue weighted by atomic mass is 79.9. The van der Waals surface area contributed by atoms with Crippen molar-refractivity contribution in [3.05, 3.63) is 51.7 Å². The average molecular weight is 373 g/mol. The van der Waals surface area contributed by atoms with Crippen molar-refractivity contribution < 1.29 is 12.8 Å². The summed E-state index contributed by atoms with van der Waals surface area (Å²) in [7, 11) is -3.86. The normalized spacial score (nSPS) is 11.4. The summed E-state index contributed by atoms with van der Waals surface area (Å²) in [6, 6.07) is 7.48. The van der Waals surface area contributed by atoms with Crippen LogP contribution < -0.4 is 10.5 Å². The largest absolute Gasteiger partial charge is 0.396 e. The molecule has 0 radical (unpaired) electrons. The van der Waals surface area contributed by atoms with Crippen molar-refractivity contribution in [1.82, 2.24) is 0 Å². The van der Waals surface area contributed by atoms with Gasteiger partial charge < -0.3 is 5.73 Å². The summed E-state index contributed by atoms with van der Waals surface area (Å²) >= 11 is 3.04. The van der Waals surface area contributed by atoms with Gasteiger partial charge in [-0.2, -0.15) is 0 Å². The molecule has 0 atom stereocenters. The molecule has 0 aliphatic carbocycles. The second-order valence-electron chi connectivity index (χ2n) is 4.79. The van der Waals surface area contributed by atoms with E-state index in [1.54, 1.807) is 12.1 Å². The molecular formula is C14H14BrFN2O2S. The van der Waals surface area contributed by atoms with Crippen LogP contribution in [0.4, 0.5) is 15.8 Å². The smallest absolute Gasteiger partial charge is 0.263 e. The molecule has 7 heteroatoms. The van der Waals surface area contributed by atoms with Crippen LogP contribution in [0.3, 0.4) is 0 Å². The highest BCUT2D eigenvalue weighted by Gasteiger charge is 2.20. The Morgan fingerprint density at radius 1 is 1.10 bits per heavy atom. The van der Waals surface area contributed by atoms with Crippen LogP contribution in [0.15, 0.2) is 39.7 Å². The highest BCUT2D eigenvalue weighted by Crippen LogP contribution is 2.28. The van der Waals surface area contributed by atoms with Crippen molar-refractivity contribution >= 4 is 37.3 Å². The number of nitrogens with two attached hydrogens (primary N) is 1. The van der Waals surface area contributed by atoms with Crippen LogP contribution in [0.25, 0.3) is 0 Å². The molecule has 0 heterocycles. The summed E-state index contributed by atoms with van der Waals surface area (Å²) in [5.74, 6) is -0.674. The average Bonchev–Trinajstić information content (AvgIpc) is 2.31. The van der Waals surface area contributed by atoms with Crippen LogP contribution in [0.2, 0.25) is 0 Å². The Labute approximate surface area is 131 Å². The molecule has 112 valence electrons. The molecule has 0 saturated heterocycles. The van der Waals surface area contributed by atoms with Crippen molar-refractivity contribution in [2.45, 2.75) is 18.7 Å². The molecule has 4 nitrogen and oxygen atoms in total. The van der Waals surface area contributed by atoms with E-state index in [1.807, 2.05) is 19.9 Å². The van der Waals surface area contributed by atoms with E-state index in [2.05, 4.69) is 20.7 Å². The first kappa shape index (κ1) is 15.8. The van der Waals surface area contributed by atoms with Gasteiger partial charge in [0.25, 0.3) is 10.0 Å². The number of aryl methyl sites for hydroxylation is 2. The van der Waals surface area contributed by atoms with Crippen LogP contribution in [-0.2, 0) is 10.0 Å². The first-order chi connectivity index (χ1) is 9.69. The molecule has 0 aliphatic heterocycles. The minimum absolute atomic E-state index is 0.111. The maximum Gasteiger partial charge on any atom is 0.263 e. The second kappa shape index (κ2) is 5.65. The molecule has 2 aromatic rings. The quantitative estimate of drug-likeness (QED) is 0.808. The summed E-state index contributed by atoms with van der Waals surface area (Å²) in [5, 5.41) is 0. The summed E-state index contributed by atoms with van der Waals surface area (Å²) < 4.78 is 40.7. The SMILES string of the molecule is Cc1cc(C)cc(NS(=O)(=O)c2cc(N)c(F)cc2Br)c1. The van der Waals surface area contributed by atoms with E-state index < -0.39 is 15.8 Å². The van der Waals surface area contributed by atoms with E-state index >= 15 is 0 Å². The second-order valence-corrected chi connectivity index (χ2v) is 7.29. The van der Waals surface area contributed by atoms with Gasteiger partial charge in [-0.25, -0.2) is 12.8 Å². The summed E-state index contributed by atoms with van der Waals surface area (Å²) in [6.45, 7) is 3.74. The van der Waals surface area contributed by atoms with Gasteiger partial charge in [0.15, 0.2) is 0 Å². The van der Waals surface area contributed by atoms with Crippen LogP contribution in [0, 0.1) is 19.7 Å². The van der Waals surface area contributed by atoms with Gasteiger partial charge in [-0.1, -0.05) is 6.07 Å². The predicted octanol–water partition coefficient (Wildman–Crippen LogP) is 3.59. The molecule has 0 amide bonds. The van der Waals surface area contributed by atoms with E-state index in [1.165, 1.54) is 0 Å². The minimum Gasteiger partial charge on any atom is -0.396 e. The molecule has 0 spiro atoms. The van der Waals surface area contributed by atoms with E-state index in [0.717, 1.165) is 23.3 Å². The maximum absolute atomic E-state index is 13.3. The third kappa shape index (κ3) is 3.54. The Hall–Kier alpha value is -1.60. The molecule has 0 saturated carbocycles. The number of anilines is 2. The van der Waals surface area contributed by atoms with Crippen molar-refractivity contribution in [3.63, 3.8) is 0 Å². The van der Waals surface area contributed by atoms with Gasteiger partial charge in [0.05, 0.1) is 5.69 Å². The minimum atomic E-state index is -3.86. The number of sulfonamides is 1. The van der Waals surface area contributed by atoms with Crippen molar-refractivity contribution in [2.24, 2.45) is 0 Å². The fraction of sp³-hybridized carbons (Fsp3) is 0.143. The highest BCUT2D eigenvalue weighted by molar-refractivity contribution is 9.10. The first-order valence-corrected chi connectivity index (χ1v) is 8.32. The van der Waals surface area contributed by atoms with Crippen LogP contribution >= 0.6 is 15.9 Å². The maximum atomic E-state index is 13.3. The Morgan fingerprint density at radius 3 is 2.24 bits per heavy atom. The topological polar surface area (TPSA) is 72.2 Å². The Bertz CT molecular complexity index is 787. The molecule has 0 unspecified atom stereocenters. The lowest BCUT2D eigenvalue weighted by atomic mass is 10.1. The number of nitrogen functional groups attached to an aromatic ring is 1. The van der Waals surface area contributed by atoms with Gasteiger partial charge in [-0.15, -0.1) is 0 Å². The summed E-state index contributed by atoms with van der Waals surface area (Å²) in [5.41, 5.74) is 7.53. The Balaban J connectivity index is 2.45. The number of benzene rings is 2. The van der Waals surface area contributed by atoms with Crippen molar-refractivity contribution in [1.29, 1.82) is 0 Å². The molecular weight excluding hydrogens is 359 g/mol. The monoisotopic (exact) mass is 372 g/mol. The third-order valence-corrected chi connectivity index (χ3v) is 5.15. The summed E-state index contributed by atoms with van der Waals surface area (Å²) in [6.07, 6.45) is 0. The van der Waals surface area contributed by atoms with Gasteiger partial charge in [-0.05, 0) is 65.2 Å². The van der Waals surface area contributed by atoms with Gasteiger partial charge in [0.2, 0.25) is 0 Å². The lowest BCUT2D eigenvalue weighted by molar-refractivity contribution is 0.599. The molecule has 0 aromatic heterocycles. The zero-order valence-corrected chi connectivity index (χ0v) is 13.8. The number of hydrogen-bond donors (Lipinski definition) is 2. The number of halogens is 2. The third-order valence-electron chi connectivity index (χ3n) is 2.81. The van der Waals surface area contributed by atoms with E-state index in [4.69, 9.17) is 5.73 Å². The molecule has 2 rings (SSSR count). The van der Waals surface area contributed by atoms with Crippen LogP contribution in [0.5, 0.6) is 0 Å². The van der Waals surface area contributed by atoms with Crippen molar-refractivity contribution in [2.75, 3.05) is 10.5 Å². The zero-order chi connectivity index (χ0) is 15.8. The van der Waals surface area contributed by atoms with Gasteiger partial charge in [0.1, 0.15) is 10.7 Å². The van der Waals surface area contributed by atoms with Gasteiger partial charge >= 0.3 is 0 Å². The van der Waals surface area contributed by atoms with Gasteiger partial charge in [0, 0.05) is 10.2 Å². The molecule has 3 N–H and O–H groups in total. The fourth-order valence-corrected chi connectivity index (χ4v) is 4.09. The molecule has 0 bridgehead atoms. The predicted molar refractivity (Wildman–Crippen MR) is 85.2 cm³/mol. The molecule has 2 aromatic carbocycles. The fourth-order valence-electron chi connectivity index (χ4n) is 1.99. The molecule has 21 heavy (non-hydrogen) atoms. The Morgan fingerprint density at radius 2 is 1.67 bits per heavy atom. The number of hydrogen-bond acceptors (Lipinski definition) is 3. The van der Waals surface area contributed by atoms with E-state index in [0.29, 0.717) is 5.69 Å². The Kier molecular flexibility index (Phi) is 4.25. The zero-order valence-electron chi connectivity index (χ0n) is 11.4. The van der Waals surface area contributed by atoms with Crippen molar-refractivity contribution in [3.8, 4) is 0 Å². The number of nitrogens with one attached hydrogen (secondary N) is 1. The van der Waals surface area contributed by atoms with Crippen LogP contribution in [-0.4, -0.2) is 8.42 Å². The summed E-state index contributed by atoms with van der Waals surface area (Å²) in [4.78, 5) is -0.111. The van der Waals surface area contributed by atoms with E-state index in [9.17, 15) is 12.8 Å². The lowest BCUT2D eigenvalue weighted by Crippen LogP contribution is -2.14. The standard InChI is InChI=1S/C14H14BrFN2O2S/c1-8-3-9(2)5-10(4-8)18-21(19,20)14-7-13(17)12(16)6-11(14)15/h3-7,18H,17H2,1-2H3. The van der Waals surface area contributed by atoms with E-state index in [-0.39, 0.29) is 15.1 Å².